The first-order chi connectivity index (χ1) is 8.31. The Labute approximate surface area is 114 Å². The van der Waals surface area contributed by atoms with E-state index in [-0.39, 0.29) is 12.8 Å². The Morgan fingerprint density at radius 2 is 1.83 bits per heavy atom. The summed E-state index contributed by atoms with van der Waals surface area (Å²) in [6, 6.07) is 6.53. The van der Waals surface area contributed by atoms with Crippen LogP contribution in [-0.4, -0.2) is 17.0 Å². The maximum absolute atomic E-state index is 11.4. The van der Waals surface area contributed by atoms with E-state index in [1.807, 2.05) is 0 Å². The van der Waals surface area contributed by atoms with Crippen molar-refractivity contribution in [3.05, 3.63) is 34.9 Å². The molecule has 0 saturated carbocycles. The summed E-state index contributed by atoms with van der Waals surface area (Å²) in [6.45, 7) is 1.51. The van der Waals surface area contributed by atoms with Crippen LogP contribution in [0.2, 0.25) is 5.02 Å². The topological polar surface area (TPSA) is 63.6 Å². The van der Waals surface area contributed by atoms with Crippen molar-refractivity contribution in [3.8, 4) is 0 Å². The summed E-state index contributed by atoms with van der Waals surface area (Å²) in [5, 5.41) is 7.66. The number of carboxylic acids is 1. The van der Waals surface area contributed by atoms with Gasteiger partial charge in [0.25, 0.3) is 0 Å². The van der Waals surface area contributed by atoms with Crippen LogP contribution in [0.1, 0.15) is 25.3 Å². The molecule has 0 heterocycles. The van der Waals surface area contributed by atoms with Gasteiger partial charge in [0, 0.05) is 10.6 Å². The number of benzene rings is 1. The molecule has 0 radical (unpaired) electrons. The molecule has 1 aromatic carbocycles. The van der Waals surface area contributed by atoms with Crippen LogP contribution in [-0.2, 0) is 19.4 Å². The average Bonchev–Trinajstić information content (AvgIpc) is 2.26. The van der Waals surface area contributed by atoms with Gasteiger partial charge in [0.2, 0.25) is 5.06 Å². The molecule has 0 unspecified atom stereocenters. The van der Waals surface area contributed by atoms with E-state index in [1.54, 1.807) is 24.3 Å². The highest BCUT2D eigenvalue weighted by Gasteiger charge is 2.28. The van der Waals surface area contributed by atoms with Crippen molar-refractivity contribution >= 4 is 35.1 Å². The molecule has 0 aliphatic carbocycles. The molecule has 0 aliphatic rings. The zero-order valence-electron chi connectivity index (χ0n) is 9.65. The van der Waals surface area contributed by atoms with Crippen LogP contribution in [0.4, 0.5) is 0 Å². The summed E-state index contributed by atoms with van der Waals surface area (Å²) in [7, 11) is 0. The summed E-state index contributed by atoms with van der Waals surface area (Å²) in [4.78, 5) is 21.7. The SMILES string of the molecule is C[C@@](Cl)(OC(=O)CCC(=O)O)c1ccc(Cl)cc1. The number of carbonyl (C=O) groups excluding carboxylic acids is 1. The van der Waals surface area contributed by atoms with Crippen molar-refractivity contribution in [2.24, 2.45) is 0 Å². The normalized spacial score (nSPS) is 13.7. The quantitative estimate of drug-likeness (QED) is 0.668. The molecule has 0 saturated heterocycles. The van der Waals surface area contributed by atoms with E-state index in [9.17, 15) is 9.59 Å². The largest absolute Gasteiger partial charge is 0.481 e. The molecule has 98 valence electrons. The Morgan fingerprint density at radius 1 is 1.28 bits per heavy atom. The lowest BCUT2D eigenvalue weighted by atomic mass is 10.1. The number of carboxylic acid groups (broad SMARTS) is 1. The molecule has 0 bridgehead atoms. The fraction of sp³-hybridized carbons (Fsp3) is 0.333. The van der Waals surface area contributed by atoms with E-state index >= 15 is 0 Å². The first-order valence-corrected chi connectivity index (χ1v) is 5.95. The molecular formula is C12H12Cl2O4. The van der Waals surface area contributed by atoms with Gasteiger partial charge < -0.3 is 9.84 Å². The number of ether oxygens (including phenoxy) is 1. The van der Waals surface area contributed by atoms with Gasteiger partial charge >= 0.3 is 11.9 Å². The molecule has 0 aliphatic heterocycles. The minimum atomic E-state index is -1.33. The van der Waals surface area contributed by atoms with Gasteiger partial charge in [-0.05, 0) is 19.1 Å². The number of halogens is 2. The summed E-state index contributed by atoms with van der Waals surface area (Å²) < 4.78 is 5.03. The van der Waals surface area contributed by atoms with Crippen molar-refractivity contribution in [3.63, 3.8) is 0 Å². The van der Waals surface area contributed by atoms with Gasteiger partial charge in [-0.3, -0.25) is 9.59 Å². The smallest absolute Gasteiger partial charge is 0.308 e. The van der Waals surface area contributed by atoms with Gasteiger partial charge in [0.05, 0.1) is 12.8 Å². The molecule has 1 N–H and O–H groups in total. The third kappa shape index (κ3) is 4.55. The van der Waals surface area contributed by atoms with Crippen molar-refractivity contribution < 1.29 is 19.4 Å². The van der Waals surface area contributed by atoms with Crippen molar-refractivity contribution in [2.45, 2.75) is 24.8 Å². The molecule has 0 aromatic heterocycles. The van der Waals surface area contributed by atoms with Crippen LogP contribution in [0, 0.1) is 0 Å². The van der Waals surface area contributed by atoms with E-state index in [2.05, 4.69) is 0 Å². The monoisotopic (exact) mass is 290 g/mol. The molecule has 1 rings (SSSR count). The summed E-state index contributed by atoms with van der Waals surface area (Å²) in [5.41, 5.74) is 0.567. The molecule has 18 heavy (non-hydrogen) atoms. The lowest BCUT2D eigenvalue weighted by Gasteiger charge is -2.23. The summed E-state index contributed by atoms with van der Waals surface area (Å²) in [6.07, 6.45) is -0.502. The standard InChI is InChI=1S/C12H12Cl2O4/c1-12(14,8-2-4-9(13)5-3-8)18-11(17)7-6-10(15)16/h2-5H,6-7H2,1H3,(H,15,16)/t12-/m1/s1. The Balaban J connectivity index is 2.66. The number of aliphatic carboxylic acids is 1. The lowest BCUT2D eigenvalue weighted by Crippen LogP contribution is -2.23. The van der Waals surface area contributed by atoms with Gasteiger partial charge in [0.15, 0.2) is 0 Å². The van der Waals surface area contributed by atoms with E-state index in [0.717, 1.165) is 0 Å². The van der Waals surface area contributed by atoms with Crippen molar-refractivity contribution in [2.75, 3.05) is 0 Å². The third-order valence-corrected chi connectivity index (χ3v) is 2.76. The number of carbonyl (C=O) groups is 2. The fourth-order valence-corrected chi connectivity index (χ4v) is 1.62. The summed E-state index contributed by atoms with van der Waals surface area (Å²) >= 11 is 11.8. The first-order valence-electron chi connectivity index (χ1n) is 5.20. The fourth-order valence-electron chi connectivity index (χ4n) is 1.28. The van der Waals surface area contributed by atoms with Crippen LogP contribution >= 0.6 is 23.2 Å². The highest BCUT2D eigenvalue weighted by atomic mass is 35.5. The molecule has 0 fully saturated rings. The summed E-state index contributed by atoms with van der Waals surface area (Å²) in [5.74, 6) is -1.72. The van der Waals surface area contributed by atoms with Gasteiger partial charge in [-0.1, -0.05) is 35.3 Å². The number of alkyl halides is 1. The highest BCUT2D eigenvalue weighted by Crippen LogP contribution is 2.31. The second-order valence-electron chi connectivity index (χ2n) is 3.79. The van der Waals surface area contributed by atoms with Gasteiger partial charge in [-0.2, -0.15) is 0 Å². The Kier molecular flexibility index (Phi) is 4.99. The lowest BCUT2D eigenvalue weighted by molar-refractivity contribution is -0.154. The Bertz CT molecular complexity index is 440. The number of rotatable bonds is 5. The second kappa shape index (κ2) is 6.07. The van der Waals surface area contributed by atoms with Gasteiger partial charge in [-0.15, -0.1) is 0 Å². The first kappa shape index (κ1) is 14.8. The molecular weight excluding hydrogens is 279 g/mol. The van der Waals surface area contributed by atoms with Crippen LogP contribution in [0.25, 0.3) is 0 Å². The minimum absolute atomic E-state index is 0.217. The number of esters is 1. The maximum Gasteiger partial charge on any atom is 0.308 e. The predicted octanol–water partition coefficient (Wildman–Crippen LogP) is 3.16. The Morgan fingerprint density at radius 3 is 2.33 bits per heavy atom. The zero-order chi connectivity index (χ0) is 13.8. The maximum atomic E-state index is 11.4. The number of hydrogen-bond acceptors (Lipinski definition) is 3. The highest BCUT2D eigenvalue weighted by molar-refractivity contribution is 6.30. The minimum Gasteiger partial charge on any atom is -0.481 e. The van der Waals surface area contributed by atoms with Crippen molar-refractivity contribution in [1.29, 1.82) is 0 Å². The predicted molar refractivity (Wildman–Crippen MR) is 67.6 cm³/mol. The second-order valence-corrected chi connectivity index (χ2v) is 4.95. The van der Waals surface area contributed by atoms with E-state index in [4.69, 9.17) is 33.0 Å². The zero-order valence-corrected chi connectivity index (χ0v) is 11.2. The third-order valence-electron chi connectivity index (χ3n) is 2.21. The van der Waals surface area contributed by atoms with E-state index in [1.165, 1.54) is 6.92 Å². The van der Waals surface area contributed by atoms with Crippen LogP contribution < -0.4 is 0 Å². The van der Waals surface area contributed by atoms with E-state index in [0.29, 0.717) is 10.6 Å². The van der Waals surface area contributed by atoms with E-state index < -0.39 is 17.0 Å². The van der Waals surface area contributed by atoms with Gasteiger partial charge in [0.1, 0.15) is 0 Å². The van der Waals surface area contributed by atoms with Crippen LogP contribution in [0.5, 0.6) is 0 Å². The Hall–Kier alpha value is -1.26. The van der Waals surface area contributed by atoms with Crippen LogP contribution in [0.15, 0.2) is 24.3 Å². The number of hydrogen-bond donors (Lipinski definition) is 1. The van der Waals surface area contributed by atoms with Gasteiger partial charge in [-0.25, -0.2) is 0 Å². The molecule has 6 heteroatoms. The molecule has 1 atom stereocenters. The molecule has 1 aromatic rings. The van der Waals surface area contributed by atoms with Crippen LogP contribution in [0.3, 0.4) is 0 Å². The van der Waals surface area contributed by atoms with Crippen molar-refractivity contribution in [1.82, 2.24) is 0 Å². The molecule has 0 spiro atoms. The molecule has 0 amide bonds. The average molecular weight is 291 g/mol. The molecule has 4 nitrogen and oxygen atoms in total.